The van der Waals surface area contributed by atoms with Crippen molar-refractivity contribution in [3.8, 4) is 0 Å². The molecule has 0 saturated carbocycles. The van der Waals surface area contributed by atoms with Crippen molar-refractivity contribution in [2.45, 2.75) is 26.2 Å². The number of para-hydroxylation sites is 1. The van der Waals surface area contributed by atoms with E-state index in [0.29, 0.717) is 30.2 Å². The Morgan fingerprint density at radius 2 is 1.93 bits per heavy atom. The lowest BCUT2D eigenvalue weighted by atomic mass is 10.0. The molecule has 29 heavy (non-hydrogen) atoms. The molecule has 0 spiro atoms. The van der Waals surface area contributed by atoms with Crippen LogP contribution >= 0.6 is 0 Å². The molecule has 4 rings (SSSR count). The number of halogens is 1. The minimum absolute atomic E-state index is 0.259. The molecule has 1 aromatic heterocycles. The van der Waals surface area contributed by atoms with Gasteiger partial charge >= 0.3 is 0 Å². The summed E-state index contributed by atoms with van der Waals surface area (Å²) in [7, 11) is 0. The van der Waals surface area contributed by atoms with Crippen LogP contribution in [0.1, 0.15) is 33.7 Å². The number of hydrogen-bond donors (Lipinski definition) is 1. The van der Waals surface area contributed by atoms with Crippen molar-refractivity contribution in [2.75, 3.05) is 18.0 Å². The van der Waals surface area contributed by atoms with E-state index >= 15 is 0 Å². The van der Waals surface area contributed by atoms with Gasteiger partial charge in [-0.25, -0.2) is 14.4 Å². The molecule has 0 bridgehead atoms. The third-order valence-corrected chi connectivity index (χ3v) is 5.06. The van der Waals surface area contributed by atoms with E-state index in [9.17, 15) is 9.18 Å². The molecule has 1 aliphatic heterocycles. The lowest BCUT2D eigenvalue weighted by molar-refractivity contribution is 0.0949. The van der Waals surface area contributed by atoms with E-state index in [1.165, 1.54) is 11.6 Å². The predicted molar refractivity (Wildman–Crippen MR) is 111 cm³/mol. The Labute approximate surface area is 169 Å². The Morgan fingerprint density at radius 1 is 1.14 bits per heavy atom. The van der Waals surface area contributed by atoms with Crippen molar-refractivity contribution in [3.63, 3.8) is 0 Å². The molecule has 0 saturated heterocycles. The molecule has 1 amide bonds. The number of aromatic nitrogens is 2. The standard InChI is InChI=1S/C23H23FN4O/c1-16-15-20(22(29)25-13-12-17-7-2-4-10-19(17)24)27-23(26-16)28-14-6-9-18-8-3-5-11-21(18)28/h2-5,7-8,10-11,15H,6,9,12-14H2,1H3,(H,25,29). The van der Waals surface area contributed by atoms with Crippen LogP contribution in [-0.4, -0.2) is 29.0 Å². The number of aryl methyl sites for hydroxylation is 2. The fraction of sp³-hybridized carbons (Fsp3) is 0.261. The summed E-state index contributed by atoms with van der Waals surface area (Å²) in [6.07, 6.45) is 2.47. The summed E-state index contributed by atoms with van der Waals surface area (Å²) in [5, 5.41) is 2.84. The Bertz CT molecular complexity index is 1040. The molecule has 0 unspecified atom stereocenters. The van der Waals surface area contributed by atoms with Crippen molar-refractivity contribution in [1.29, 1.82) is 0 Å². The zero-order valence-electron chi connectivity index (χ0n) is 16.4. The molecule has 0 fully saturated rings. The highest BCUT2D eigenvalue weighted by molar-refractivity contribution is 5.92. The number of nitrogens with one attached hydrogen (secondary N) is 1. The summed E-state index contributed by atoms with van der Waals surface area (Å²) in [5.41, 5.74) is 3.99. The SMILES string of the molecule is Cc1cc(C(=O)NCCc2ccccc2F)nc(N2CCCc3ccccc32)n1. The van der Waals surface area contributed by atoms with Crippen molar-refractivity contribution in [3.05, 3.63) is 82.9 Å². The number of carbonyl (C=O) groups is 1. The molecule has 2 aromatic carbocycles. The van der Waals surface area contributed by atoms with E-state index < -0.39 is 0 Å². The van der Waals surface area contributed by atoms with Gasteiger partial charge in [0.25, 0.3) is 5.91 Å². The number of benzene rings is 2. The molecule has 5 nitrogen and oxygen atoms in total. The first-order chi connectivity index (χ1) is 14.1. The van der Waals surface area contributed by atoms with Gasteiger partial charge in [0.05, 0.1) is 0 Å². The van der Waals surface area contributed by atoms with Crippen molar-refractivity contribution in [2.24, 2.45) is 0 Å². The zero-order valence-corrected chi connectivity index (χ0v) is 16.4. The fourth-order valence-electron chi connectivity index (χ4n) is 3.63. The molecular formula is C23H23FN4O. The number of anilines is 2. The highest BCUT2D eigenvalue weighted by Gasteiger charge is 2.21. The van der Waals surface area contributed by atoms with Gasteiger partial charge in [0.2, 0.25) is 5.95 Å². The van der Waals surface area contributed by atoms with Crippen molar-refractivity contribution in [1.82, 2.24) is 15.3 Å². The van der Waals surface area contributed by atoms with Gasteiger partial charge in [-0.15, -0.1) is 0 Å². The van der Waals surface area contributed by atoms with E-state index in [0.717, 1.165) is 30.8 Å². The van der Waals surface area contributed by atoms with E-state index in [4.69, 9.17) is 0 Å². The molecule has 1 N–H and O–H groups in total. The molecule has 0 radical (unpaired) electrons. The first-order valence-corrected chi connectivity index (χ1v) is 9.84. The maximum Gasteiger partial charge on any atom is 0.270 e. The molecule has 148 valence electrons. The van der Waals surface area contributed by atoms with Gasteiger partial charge in [-0.1, -0.05) is 36.4 Å². The summed E-state index contributed by atoms with van der Waals surface area (Å²) in [6, 6.07) is 16.5. The van der Waals surface area contributed by atoms with Crippen LogP contribution in [0.3, 0.4) is 0 Å². The van der Waals surface area contributed by atoms with Crippen LogP contribution in [0.4, 0.5) is 16.0 Å². The summed E-state index contributed by atoms with van der Waals surface area (Å²) in [5.74, 6) is 0.000433. The largest absolute Gasteiger partial charge is 0.350 e. The van der Waals surface area contributed by atoms with Crippen LogP contribution in [0.5, 0.6) is 0 Å². The van der Waals surface area contributed by atoms with Crippen LogP contribution in [0.25, 0.3) is 0 Å². The number of carbonyl (C=O) groups excluding carboxylic acids is 1. The van der Waals surface area contributed by atoms with E-state index in [-0.39, 0.29) is 11.7 Å². The lowest BCUT2D eigenvalue weighted by Gasteiger charge is -2.29. The predicted octanol–water partition coefficient (Wildman–Crippen LogP) is 3.98. The number of fused-ring (bicyclic) bond motifs is 1. The topological polar surface area (TPSA) is 58.1 Å². The van der Waals surface area contributed by atoms with Gasteiger partial charge in [-0.05, 0) is 55.5 Å². The molecule has 0 atom stereocenters. The molecule has 0 aliphatic carbocycles. The molecular weight excluding hydrogens is 367 g/mol. The Balaban J connectivity index is 1.50. The smallest absolute Gasteiger partial charge is 0.270 e. The highest BCUT2D eigenvalue weighted by atomic mass is 19.1. The number of rotatable bonds is 5. The van der Waals surface area contributed by atoms with Gasteiger partial charge < -0.3 is 10.2 Å². The third-order valence-electron chi connectivity index (χ3n) is 5.06. The van der Waals surface area contributed by atoms with Crippen LogP contribution in [0, 0.1) is 12.7 Å². The van der Waals surface area contributed by atoms with Gasteiger partial charge in [0.1, 0.15) is 11.5 Å². The normalized spacial score (nSPS) is 13.1. The second-order valence-corrected chi connectivity index (χ2v) is 7.18. The summed E-state index contributed by atoms with van der Waals surface area (Å²) < 4.78 is 13.7. The van der Waals surface area contributed by atoms with E-state index in [1.54, 1.807) is 24.3 Å². The molecule has 6 heteroatoms. The second-order valence-electron chi connectivity index (χ2n) is 7.18. The quantitative estimate of drug-likeness (QED) is 0.716. The average Bonchev–Trinajstić information content (AvgIpc) is 2.74. The summed E-state index contributed by atoms with van der Waals surface area (Å²) >= 11 is 0. The number of hydrogen-bond acceptors (Lipinski definition) is 4. The fourth-order valence-corrected chi connectivity index (χ4v) is 3.63. The van der Waals surface area contributed by atoms with Crippen molar-refractivity contribution >= 4 is 17.5 Å². The van der Waals surface area contributed by atoms with Gasteiger partial charge in [0, 0.05) is 24.5 Å². The summed E-state index contributed by atoms with van der Waals surface area (Å²) in [4.78, 5) is 23.8. The molecule has 1 aliphatic rings. The Hall–Kier alpha value is -3.28. The zero-order chi connectivity index (χ0) is 20.2. The van der Waals surface area contributed by atoms with E-state index in [1.807, 2.05) is 19.1 Å². The average molecular weight is 390 g/mol. The van der Waals surface area contributed by atoms with E-state index in [2.05, 4.69) is 32.3 Å². The number of amides is 1. The van der Waals surface area contributed by atoms with Gasteiger partial charge in [0.15, 0.2) is 0 Å². The minimum Gasteiger partial charge on any atom is -0.350 e. The first-order valence-electron chi connectivity index (χ1n) is 9.84. The van der Waals surface area contributed by atoms with Crippen LogP contribution in [0.15, 0.2) is 54.6 Å². The Morgan fingerprint density at radius 3 is 2.79 bits per heavy atom. The third kappa shape index (κ3) is 4.26. The molecule has 3 aromatic rings. The highest BCUT2D eigenvalue weighted by Crippen LogP contribution is 2.31. The van der Waals surface area contributed by atoms with Gasteiger partial charge in [-0.2, -0.15) is 0 Å². The number of nitrogens with zero attached hydrogens (tertiary/aromatic N) is 3. The maximum atomic E-state index is 13.7. The van der Waals surface area contributed by atoms with Gasteiger partial charge in [-0.3, -0.25) is 4.79 Å². The van der Waals surface area contributed by atoms with Crippen molar-refractivity contribution < 1.29 is 9.18 Å². The summed E-state index contributed by atoms with van der Waals surface area (Å²) in [6.45, 7) is 3.01. The lowest BCUT2D eigenvalue weighted by Crippen LogP contribution is -2.30. The van der Waals surface area contributed by atoms with Crippen LogP contribution in [-0.2, 0) is 12.8 Å². The first kappa shape index (κ1) is 19.1. The van der Waals surface area contributed by atoms with Crippen LogP contribution in [0.2, 0.25) is 0 Å². The molecule has 2 heterocycles. The Kier molecular flexibility index (Phi) is 5.51. The van der Waals surface area contributed by atoms with Crippen LogP contribution < -0.4 is 10.2 Å². The maximum absolute atomic E-state index is 13.7. The second kappa shape index (κ2) is 8.39. The minimum atomic E-state index is -0.279. The monoisotopic (exact) mass is 390 g/mol.